The molecular weight excluding hydrogens is 385 g/mol. The maximum atomic E-state index is 12.9. The van der Waals surface area contributed by atoms with Crippen LogP contribution < -0.4 is 4.90 Å². The molecule has 0 unspecified atom stereocenters. The number of imide groups is 1. The van der Waals surface area contributed by atoms with Gasteiger partial charge in [-0.2, -0.15) is 5.10 Å². The van der Waals surface area contributed by atoms with E-state index in [1.165, 1.54) is 25.1 Å². The van der Waals surface area contributed by atoms with Gasteiger partial charge in [0, 0.05) is 17.0 Å². The fraction of sp³-hybridized carbons (Fsp3) is 0.312. The highest BCUT2D eigenvalue weighted by molar-refractivity contribution is 6.47. The molecule has 10 heteroatoms. The average molecular weight is 398 g/mol. The van der Waals surface area contributed by atoms with Crippen molar-refractivity contribution in [3.05, 3.63) is 28.2 Å². The maximum Gasteiger partial charge on any atom is 0.355 e. The van der Waals surface area contributed by atoms with Crippen molar-refractivity contribution in [2.75, 3.05) is 11.5 Å². The number of carbonyl (C=O) groups is 4. The summed E-state index contributed by atoms with van der Waals surface area (Å²) < 4.78 is 4.89. The molecule has 2 aliphatic rings. The monoisotopic (exact) mass is 397 g/mol. The molecule has 3 rings (SSSR count). The molecule has 0 radical (unpaired) electrons. The van der Waals surface area contributed by atoms with Gasteiger partial charge in [-0.15, -0.1) is 0 Å². The van der Waals surface area contributed by atoms with Crippen LogP contribution in [0.1, 0.15) is 13.8 Å². The van der Waals surface area contributed by atoms with Crippen LogP contribution in [0.15, 0.2) is 23.3 Å². The highest BCUT2D eigenvalue weighted by Crippen LogP contribution is 2.37. The predicted molar refractivity (Wildman–Crippen MR) is 92.8 cm³/mol. The summed E-state index contributed by atoms with van der Waals surface area (Å²) in [7, 11) is 0. The normalized spacial score (nSPS) is 21.8. The number of hydrazone groups is 1. The van der Waals surface area contributed by atoms with Gasteiger partial charge in [0.05, 0.1) is 12.3 Å². The number of hydrogen-bond donors (Lipinski definition) is 0. The van der Waals surface area contributed by atoms with Crippen molar-refractivity contribution < 1.29 is 23.9 Å². The molecule has 0 saturated carbocycles. The topological polar surface area (TPSA) is 96.3 Å². The van der Waals surface area contributed by atoms with Crippen molar-refractivity contribution in [2.24, 2.45) is 11.0 Å². The number of halogens is 2. The van der Waals surface area contributed by atoms with E-state index in [0.29, 0.717) is 0 Å². The average Bonchev–Trinajstić information content (AvgIpc) is 3.04. The Hall–Kier alpha value is -2.45. The first kappa shape index (κ1) is 18.3. The molecular formula is C16H13Cl2N3O5. The summed E-state index contributed by atoms with van der Waals surface area (Å²) in [6, 6.07) is 3.00. The smallest absolute Gasteiger partial charge is 0.355 e. The van der Waals surface area contributed by atoms with E-state index in [-0.39, 0.29) is 28.1 Å². The molecule has 2 aliphatic heterocycles. The lowest BCUT2D eigenvalue weighted by atomic mass is 9.98. The van der Waals surface area contributed by atoms with E-state index in [0.717, 1.165) is 9.91 Å². The molecule has 1 aromatic carbocycles. The van der Waals surface area contributed by atoms with E-state index in [9.17, 15) is 19.2 Å². The zero-order valence-corrected chi connectivity index (χ0v) is 15.2. The van der Waals surface area contributed by atoms with Gasteiger partial charge in [0.2, 0.25) is 11.8 Å². The second kappa shape index (κ2) is 6.69. The van der Waals surface area contributed by atoms with Gasteiger partial charge in [0.15, 0.2) is 11.8 Å². The quantitative estimate of drug-likeness (QED) is 0.570. The standard InChI is InChI=1S/C16H13Cl2N3O5/c1-3-26-16(25)12-11-13(21(19-12)7(2)22)15(24)20(14(11)23)10-5-8(17)4-9(18)6-10/h4-6,11,13H,3H2,1-2H3/t11-,13-/m1/s1. The number of rotatable bonds is 3. The Morgan fingerprint density at radius 1 is 1.15 bits per heavy atom. The fourth-order valence-electron chi connectivity index (χ4n) is 2.97. The second-order valence-corrected chi connectivity index (χ2v) is 6.50. The molecule has 0 bridgehead atoms. The molecule has 1 fully saturated rings. The van der Waals surface area contributed by atoms with Crippen LogP contribution >= 0.6 is 23.2 Å². The third-order valence-corrected chi connectivity index (χ3v) is 4.40. The largest absolute Gasteiger partial charge is 0.461 e. The summed E-state index contributed by atoms with van der Waals surface area (Å²) in [5, 5.41) is 5.16. The zero-order valence-electron chi connectivity index (χ0n) is 13.7. The van der Waals surface area contributed by atoms with Crippen LogP contribution in [-0.2, 0) is 23.9 Å². The SMILES string of the molecule is CCOC(=O)C1=NN(C(C)=O)[C@H]2C(=O)N(c3cc(Cl)cc(Cl)c3)C(=O)[C@H]12. The minimum Gasteiger partial charge on any atom is -0.461 e. The summed E-state index contributed by atoms with van der Waals surface area (Å²) in [4.78, 5) is 50.6. The Morgan fingerprint density at radius 2 is 1.77 bits per heavy atom. The highest BCUT2D eigenvalue weighted by atomic mass is 35.5. The van der Waals surface area contributed by atoms with Crippen LogP contribution in [0.5, 0.6) is 0 Å². The molecule has 0 N–H and O–H groups in total. The van der Waals surface area contributed by atoms with Gasteiger partial charge in [0.25, 0.3) is 5.91 Å². The Labute approximate surface area is 158 Å². The van der Waals surface area contributed by atoms with Crippen molar-refractivity contribution >= 4 is 58.3 Å². The number of hydrogen-bond acceptors (Lipinski definition) is 6. The molecule has 3 amide bonds. The Morgan fingerprint density at radius 3 is 2.31 bits per heavy atom. The van der Waals surface area contributed by atoms with Crippen molar-refractivity contribution in [3.8, 4) is 0 Å². The number of ether oxygens (including phenoxy) is 1. The number of nitrogens with zero attached hydrogens (tertiary/aromatic N) is 3. The molecule has 1 saturated heterocycles. The fourth-order valence-corrected chi connectivity index (χ4v) is 3.49. The zero-order chi connectivity index (χ0) is 19.2. The van der Waals surface area contributed by atoms with E-state index in [1.54, 1.807) is 6.92 Å². The summed E-state index contributed by atoms with van der Waals surface area (Å²) in [6.07, 6.45) is 0. The van der Waals surface area contributed by atoms with Gasteiger partial charge in [-0.05, 0) is 25.1 Å². The van der Waals surface area contributed by atoms with Crippen molar-refractivity contribution in [2.45, 2.75) is 19.9 Å². The van der Waals surface area contributed by atoms with Gasteiger partial charge in [-0.25, -0.2) is 14.7 Å². The first-order chi connectivity index (χ1) is 12.3. The van der Waals surface area contributed by atoms with Crippen molar-refractivity contribution in [1.29, 1.82) is 0 Å². The van der Waals surface area contributed by atoms with Crippen molar-refractivity contribution in [3.63, 3.8) is 0 Å². The molecule has 1 aromatic rings. The maximum absolute atomic E-state index is 12.9. The molecule has 0 aliphatic carbocycles. The third-order valence-electron chi connectivity index (χ3n) is 3.96. The number of anilines is 1. The molecule has 26 heavy (non-hydrogen) atoms. The van der Waals surface area contributed by atoms with Crippen molar-refractivity contribution in [1.82, 2.24) is 5.01 Å². The first-order valence-corrected chi connectivity index (χ1v) is 8.41. The third kappa shape index (κ3) is 2.85. The van der Waals surface area contributed by atoms with Crippen LogP contribution in [0, 0.1) is 5.92 Å². The molecule has 2 heterocycles. The summed E-state index contributed by atoms with van der Waals surface area (Å²) >= 11 is 11.9. The van der Waals surface area contributed by atoms with Crippen LogP contribution in [0.4, 0.5) is 5.69 Å². The minimum atomic E-state index is -1.24. The predicted octanol–water partition coefficient (Wildman–Crippen LogP) is 1.63. The van der Waals surface area contributed by atoms with Gasteiger partial charge < -0.3 is 4.74 Å². The van der Waals surface area contributed by atoms with E-state index in [2.05, 4.69) is 5.10 Å². The molecule has 0 aromatic heterocycles. The van der Waals surface area contributed by atoms with Gasteiger partial charge in [0.1, 0.15) is 5.92 Å². The number of fused-ring (bicyclic) bond motifs is 1. The second-order valence-electron chi connectivity index (χ2n) is 5.63. The number of esters is 1. The number of carbonyl (C=O) groups excluding carboxylic acids is 4. The van der Waals surface area contributed by atoms with Crippen LogP contribution in [-0.4, -0.2) is 47.1 Å². The van der Waals surface area contributed by atoms with Gasteiger partial charge >= 0.3 is 5.97 Å². The lowest BCUT2D eigenvalue weighted by molar-refractivity contribution is -0.136. The summed E-state index contributed by atoms with van der Waals surface area (Å²) in [5.41, 5.74) is -0.125. The van der Waals surface area contributed by atoms with Crippen LogP contribution in [0.3, 0.4) is 0 Å². The molecule has 2 atom stereocenters. The lowest BCUT2D eigenvalue weighted by Gasteiger charge is -2.19. The Kier molecular flexibility index (Phi) is 4.72. The number of amides is 3. The van der Waals surface area contributed by atoms with Gasteiger partial charge in [-0.3, -0.25) is 14.4 Å². The molecule has 136 valence electrons. The van der Waals surface area contributed by atoms with Crippen LogP contribution in [0.25, 0.3) is 0 Å². The van der Waals surface area contributed by atoms with E-state index >= 15 is 0 Å². The molecule has 0 spiro atoms. The summed E-state index contributed by atoms with van der Waals surface area (Å²) in [5.74, 6) is -4.06. The van der Waals surface area contributed by atoms with E-state index in [1.807, 2.05) is 0 Å². The van der Waals surface area contributed by atoms with E-state index in [4.69, 9.17) is 27.9 Å². The Bertz CT molecular complexity index is 849. The first-order valence-electron chi connectivity index (χ1n) is 7.65. The van der Waals surface area contributed by atoms with Gasteiger partial charge in [-0.1, -0.05) is 23.2 Å². The molecule has 8 nitrogen and oxygen atoms in total. The number of benzene rings is 1. The lowest BCUT2D eigenvalue weighted by Crippen LogP contribution is -2.41. The minimum absolute atomic E-state index is 0.0606. The summed E-state index contributed by atoms with van der Waals surface area (Å²) in [6.45, 7) is 2.84. The van der Waals surface area contributed by atoms with Crippen LogP contribution in [0.2, 0.25) is 10.0 Å². The Balaban J connectivity index is 2.06. The highest BCUT2D eigenvalue weighted by Gasteiger charge is 2.59. The van der Waals surface area contributed by atoms with E-state index < -0.39 is 35.7 Å².